The largest absolute Gasteiger partial charge is 0.481 e. The third-order valence-electron chi connectivity index (χ3n) is 7.98. The zero-order chi connectivity index (χ0) is 30.0. The number of esters is 1. The third-order valence-corrected chi connectivity index (χ3v) is 7.98. The predicted octanol–water partition coefficient (Wildman–Crippen LogP) is 2.04. The van der Waals surface area contributed by atoms with Gasteiger partial charge in [-0.1, -0.05) is 19.6 Å². The molecule has 1 saturated heterocycles. The first-order valence-corrected chi connectivity index (χ1v) is 12.9. The van der Waals surface area contributed by atoms with Gasteiger partial charge in [0.15, 0.2) is 6.10 Å². The summed E-state index contributed by atoms with van der Waals surface area (Å²) in [5.41, 5.74) is 0.449. The topological polar surface area (TPSA) is 146 Å². The Morgan fingerprint density at radius 3 is 2.54 bits per heavy atom. The van der Waals surface area contributed by atoms with Gasteiger partial charge in [-0.25, -0.2) is 0 Å². The number of benzene rings is 1. The number of aliphatic hydroxyl groups is 3. The fourth-order valence-electron chi connectivity index (χ4n) is 5.82. The molecule has 2 heterocycles. The number of hydrogen-bond donors (Lipinski definition) is 4. The van der Waals surface area contributed by atoms with Crippen LogP contribution >= 0.6 is 0 Å². The smallest absolute Gasteiger partial charge is 0.446 e. The monoisotopic (exact) mass is 588 g/mol. The molecule has 0 saturated carbocycles. The summed E-state index contributed by atoms with van der Waals surface area (Å²) in [7, 11) is 1.99. The number of aliphatic hydroxyl groups excluding tert-OH is 2. The van der Waals surface area contributed by atoms with Crippen molar-refractivity contribution in [3.63, 3.8) is 0 Å². The van der Waals surface area contributed by atoms with Gasteiger partial charge in [0.05, 0.1) is 24.0 Å². The number of fused-ring (bicyclic) bond motifs is 1. The maximum absolute atomic E-state index is 12.6. The molecule has 41 heavy (non-hydrogen) atoms. The Balaban J connectivity index is 0.000000760. The van der Waals surface area contributed by atoms with Crippen LogP contribution in [0.1, 0.15) is 57.2 Å². The molecular formula is C28H39F3N2O8. The molecule has 0 bridgehead atoms. The number of aryl methyl sites for hydroxylation is 1. The van der Waals surface area contributed by atoms with Crippen LogP contribution in [-0.4, -0.2) is 88.5 Å². The summed E-state index contributed by atoms with van der Waals surface area (Å²) < 4.78 is 43.4. The normalized spacial score (nSPS) is 27.2. The molecule has 1 amide bonds. The number of amides is 1. The number of ether oxygens (including phenoxy) is 2. The van der Waals surface area contributed by atoms with Crippen LogP contribution in [0.15, 0.2) is 24.0 Å². The summed E-state index contributed by atoms with van der Waals surface area (Å²) in [6, 6.07) is 3.57. The SMILES string of the molecule is C.Cc1ccc(CO)c2c1[C@]13CCN(C)[C@H](C)[C@]1(O)CC=C(OC(=O)CCNC(=O)[C@H](C)O)[C@@H]3O2.O=CC(F)(F)F. The summed E-state index contributed by atoms with van der Waals surface area (Å²) in [4.78, 5) is 35.0. The lowest BCUT2D eigenvalue weighted by Crippen LogP contribution is -2.71. The van der Waals surface area contributed by atoms with Gasteiger partial charge >= 0.3 is 12.1 Å². The van der Waals surface area contributed by atoms with Gasteiger partial charge in [0.1, 0.15) is 17.6 Å². The molecule has 4 N–H and O–H groups in total. The lowest BCUT2D eigenvalue weighted by molar-refractivity contribution is -0.161. The van der Waals surface area contributed by atoms with Crippen molar-refractivity contribution in [2.45, 2.75) is 89.5 Å². The van der Waals surface area contributed by atoms with Crippen molar-refractivity contribution >= 4 is 18.2 Å². The minimum Gasteiger partial charge on any atom is -0.481 e. The number of halogens is 3. The number of hydrogen-bond acceptors (Lipinski definition) is 9. The number of carbonyl (C=O) groups excluding carboxylic acids is 3. The molecule has 1 aromatic rings. The number of rotatable bonds is 6. The van der Waals surface area contributed by atoms with E-state index in [1.165, 1.54) is 6.92 Å². The third kappa shape index (κ3) is 6.42. The zero-order valence-corrected chi connectivity index (χ0v) is 22.7. The highest BCUT2D eigenvalue weighted by Crippen LogP contribution is 2.61. The van der Waals surface area contributed by atoms with Crippen LogP contribution in [0.5, 0.6) is 5.75 Å². The lowest BCUT2D eigenvalue weighted by atomic mass is 9.54. The molecule has 1 aliphatic carbocycles. The van der Waals surface area contributed by atoms with Crippen LogP contribution in [-0.2, 0) is 31.1 Å². The number of likely N-dealkylation sites (tertiary alicyclic amines) is 1. The molecule has 1 spiro atoms. The van der Waals surface area contributed by atoms with Crippen molar-refractivity contribution in [3.8, 4) is 5.75 Å². The number of piperidine rings is 1. The lowest BCUT2D eigenvalue weighted by Gasteiger charge is -2.58. The van der Waals surface area contributed by atoms with E-state index in [2.05, 4.69) is 10.2 Å². The molecule has 1 aromatic carbocycles. The van der Waals surface area contributed by atoms with Crippen molar-refractivity contribution in [1.29, 1.82) is 0 Å². The van der Waals surface area contributed by atoms with Crippen LogP contribution in [0.3, 0.4) is 0 Å². The number of aldehydes is 1. The number of nitrogens with one attached hydrogen (secondary N) is 1. The second kappa shape index (κ2) is 12.9. The molecule has 0 unspecified atom stereocenters. The van der Waals surface area contributed by atoms with E-state index in [0.717, 1.165) is 17.7 Å². The van der Waals surface area contributed by atoms with Crippen LogP contribution in [0.4, 0.5) is 13.2 Å². The van der Waals surface area contributed by atoms with E-state index >= 15 is 0 Å². The fraction of sp³-hybridized carbons (Fsp3) is 0.607. The minimum absolute atomic E-state index is 0. The maximum Gasteiger partial charge on any atom is 0.446 e. The molecule has 5 atom stereocenters. The molecular weight excluding hydrogens is 549 g/mol. The van der Waals surface area contributed by atoms with E-state index in [-0.39, 0.29) is 39.5 Å². The number of nitrogens with zero attached hydrogens (tertiary/aromatic N) is 1. The highest BCUT2D eigenvalue weighted by atomic mass is 19.4. The Morgan fingerprint density at radius 2 is 1.98 bits per heavy atom. The van der Waals surface area contributed by atoms with E-state index in [1.54, 1.807) is 6.08 Å². The quantitative estimate of drug-likeness (QED) is 0.290. The van der Waals surface area contributed by atoms with Gasteiger partial charge in [0.25, 0.3) is 0 Å². The van der Waals surface area contributed by atoms with Crippen molar-refractivity contribution in [2.24, 2.45) is 0 Å². The molecule has 10 nitrogen and oxygen atoms in total. The van der Waals surface area contributed by atoms with Gasteiger partial charge in [-0.05, 0) is 52.4 Å². The summed E-state index contributed by atoms with van der Waals surface area (Å²) in [5, 5.41) is 33.9. The number of carbonyl (C=O) groups is 3. The Hall–Kier alpha value is -3.00. The first-order valence-electron chi connectivity index (χ1n) is 12.9. The van der Waals surface area contributed by atoms with Crippen molar-refractivity contribution in [3.05, 3.63) is 40.7 Å². The first kappa shape index (κ1) is 34.2. The van der Waals surface area contributed by atoms with E-state index in [4.69, 9.17) is 14.3 Å². The number of likely N-dealkylation sites (N-methyl/N-ethyl adjacent to an activating group) is 1. The van der Waals surface area contributed by atoms with Crippen molar-refractivity contribution < 1.29 is 52.3 Å². The Labute approximate surface area is 237 Å². The van der Waals surface area contributed by atoms with Crippen LogP contribution in [0, 0.1) is 6.92 Å². The Kier molecular flexibility index (Phi) is 10.8. The molecule has 13 heteroatoms. The predicted molar refractivity (Wildman–Crippen MR) is 142 cm³/mol. The average molecular weight is 589 g/mol. The summed E-state index contributed by atoms with van der Waals surface area (Å²) in [5.74, 6) is -0.212. The van der Waals surface area contributed by atoms with Gasteiger partial charge in [0.2, 0.25) is 12.2 Å². The first-order chi connectivity index (χ1) is 18.6. The summed E-state index contributed by atoms with van der Waals surface area (Å²) in [6.45, 7) is 5.86. The van der Waals surface area contributed by atoms with Gasteiger partial charge in [-0.3, -0.25) is 14.4 Å². The van der Waals surface area contributed by atoms with Gasteiger partial charge in [-0.2, -0.15) is 13.2 Å². The van der Waals surface area contributed by atoms with Gasteiger partial charge in [0, 0.05) is 30.1 Å². The van der Waals surface area contributed by atoms with E-state index in [9.17, 15) is 38.1 Å². The molecule has 1 fully saturated rings. The molecule has 0 radical (unpaired) electrons. The van der Waals surface area contributed by atoms with Crippen molar-refractivity contribution in [1.82, 2.24) is 10.2 Å². The average Bonchev–Trinajstić information content (AvgIpc) is 3.26. The highest BCUT2D eigenvalue weighted by Gasteiger charge is 2.69. The molecule has 230 valence electrons. The van der Waals surface area contributed by atoms with E-state index in [1.807, 2.05) is 33.0 Å². The Bertz CT molecular complexity index is 1170. The second-order valence-corrected chi connectivity index (χ2v) is 10.4. The Morgan fingerprint density at radius 1 is 1.34 bits per heavy atom. The minimum atomic E-state index is -4.64. The number of alkyl halides is 3. The molecule has 4 rings (SSSR count). The van der Waals surface area contributed by atoms with Gasteiger partial charge in [-0.15, -0.1) is 0 Å². The zero-order valence-electron chi connectivity index (χ0n) is 22.7. The highest BCUT2D eigenvalue weighted by molar-refractivity contribution is 5.80. The maximum atomic E-state index is 12.6. The summed E-state index contributed by atoms with van der Waals surface area (Å²) >= 11 is 0. The second-order valence-electron chi connectivity index (χ2n) is 10.4. The fourth-order valence-corrected chi connectivity index (χ4v) is 5.82. The standard InChI is InChI=1S/C25H34N2O7.C2HF3O.CH4/c1-14-5-6-17(13-28)21-20(14)24-10-12-27(4)16(3)25(24,32)9-7-18(22(24)34-21)33-19(30)8-11-26-23(31)15(2)29;3-2(4,5)1-6;/h5-7,15-16,22,28-29,32H,8-13H2,1-4H3,(H,26,31);1H;1H4/t15-,16+,22-,24-,25+;;/m0../s1. The van der Waals surface area contributed by atoms with Crippen LogP contribution in [0.25, 0.3) is 0 Å². The van der Waals surface area contributed by atoms with Crippen LogP contribution < -0.4 is 10.1 Å². The van der Waals surface area contributed by atoms with E-state index in [0.29, 0.717) is 23.5 Å². The van der Waals surface area contributed by atoms with E-state index < -0.39 is 47.6 Å². The molecule has 2 aliphatic heterocycles. The molecule has 3 aliphatic rings. The van der Waals surface area contributed by atoms with Gasteiger partial charge < -0.3 is 35.0 Å². The summed E-state index contributed by atoms with van der Waals surface area (Å²) in [6.07, 6.45) is -5.06. The van der Waals surface area contributed by atoms with Crippen molar-refractivity contribution in [2.75, 3.05) is 20.1 Å². The molecule has 0 aromatic heterocycles. The van der Waals surface area contributed by atoms with Crippen LogP contribution in [0.2, 0.25) is 0 Å².